The molecule has 19 heavy (non-hydrogen) atoms. The van der Waals surface area contributed by atoms with Gasteiger partial charge in [0.1, 0.15) is 17.0 Å². The molecule has 0 unspecified atom stereocenters. The molecule has 0 bridgehead atoms. The number of imidazole rings is 1. The second-order valence-corrected chi connectivity index (χ2v) is 4.58. The quantitative estimate of drug-likeness (QED) is 0.743. The SMILES string of the molecule is Cc1ccnc2c1nc(N)n2-c1c(F)cccc1Cl. The lowest BCUT2D eigenvalue weighted by molar-refractivity contribution is 0.620. The van der Waals surface area contributed by atoms with Gasteiger partial charge in [0.25, 0.3) is 0 Å². The van der Waals surface area contributed by atoms with Gasteiger partial charge in [0.05, 0.1) is 5.02 Å². The molecule has 0 saturated heterocycles. The second kappa shape index (κ2) is 4.20. The van der Waals surface area contributed by atoms with Gasteiger partial charge in [-0.2, -0.15) is 0 Å². The predicted molar refractivity (Wildman–Crippen MR) is 73.0 cm³/mol. The number of nitrogens with zero attached hydrogens (tertiary/aromatic N) is 3. The van der Waals surface area contributed by atoms with Gasteiger partial charge in [-0.15, -0.1) is 0 Å². The van der Waals surface area contributed by atoms with E-state index in [0.29, 0.717) is 11.2 Å². The molecule has 0 fully saturated rings. The molecule has 0 aliphatic carbocycles. The molecule has 3 aromatic rings. The van der Waals surface area contributed by atoms with E-state index < -0.39 is 5.82 Å². The molecule has 2 heterocycles. The number of pyridine rings is 1. The van der Waals surface area contributed by atoms with E-state index in [0.717, 1.165) is 5.56 Å². The minimum absolute atomic E-state index is 0.156. The zero-order valence-corrected chi connectivity index (χ0v) is 10.8. The third-order valence-corrected chi connectivity index (χ3v) is 3.24. The molecule has 0 saturated carbocycles. The monoisotopic (exact) mass is 276 g/mol. The number of hydrogen-bond acceptors (Lipinski definition) is 3. The van der Waals surface area contributed by atoms with E-state index in [1.54, 1.807) is 12.3 Å². The Labute approximate surface area is 113 Å². The van der Waals surface area contributed by atoms with Crippen LogP contribution in [-0.4, -0.2) is 14.5 Å². The van der Waals surface area contributed by atoms with Crippen LogP contribution >= 0.6 is 11.6 Å². The van der Waals surface area contributed by atoms with Gasteiger partial charge in [0, 0.05) is 6.20 Å². The topological polar surface area (TPSA) is 56.7 Å². The molecule has 2 aromatic heterocycles. The van der Waals surface area contributed by atoms with E-state index in [4.69, 9.17) is 17.3 Å². The van der Waals surface area contributed by atoms with Gasteiger partial charge in [-0.1, -0.05) is 17.7 Å². The number of halogens is 2. The maximum Gasteiger partial charge on any atom is 0.207 e. The summed E-state index contributed by atoms with van der Waals surface area (Å²) in [4.78, 5) is 8.44. The number of nitrogens with two attached hydrogens (primary N) is 1. The molecule has 2 N–H and O–H groups in total. The van der Waals surface area contributed by atoms with Crippen LogP contribution in [0, 0.1) is 12.7 Å². The zero-order valence-electron chi connectivity index (χ0n) is 10.1. The number of aromatic nitrogens is 3. The van der Waals surface area contributed by atoms with Crippen molar-refractivity contribution >= 4 is 28.7 Å². The Kier molecular flexibility index (Phi) is 2.64. The first-order valence-corrected chi connectivity index (χ1v) is 6.01. The number of para-hydroxylation sites is 1. The highest BCUT2D eigenvalue weighted by Gasteiger charge is 2.18. The van der Waals surface area contributed by atoms with Crippen LogP contribution in [0.2, 0.25) is 5.02 Å². The van der Waals surface area contributed by atoms with Crippen molar-refractivity contribution in [1.29, 1.82) is 0 Å². The van der Waals surface area contributed by atoms with Crippen LogP contribution in [0.1, 0.15) is 5.56 Å². The van der Waals surface area contributed by atoms with Gasteiger partial charge in [0.2, 0.25) is 5.95 Å². The maximum absolute atomic E-state index is 14.0. The summed E-state index contributed by atoms with van der Waals surface area (Å²) < 4.78 is 15.4. The fourth-order valence-corrected chi connectivity index (χ4v) is 2.28. The van der Waals surface area contributed by atoms with Crippen molar-refractivity contribution in [3.63, 3.8) is 0 Å². The third-order valence-electron chi connectivity index (χ3n) is 2.94. The highest BCUT2D eigenvalue weighted by molar-refractivity contribution is 6.32. The van der Waals surface area contributed by atoms with Crippen molar-refractivity contribution in [2.45, 2.75) is 6.92 Å². The molecule has 0 atom stereocenters. The number of hydrogen-bond donors (Lipinski definition) is 1. The van der Waals surface area contributed by atoms with Gasteiger partial charge >= 0.3 is 0 Å². The number of aryl methyl sites for hydroxylation is 1. The highest BCUT2D eigenvalue weighted by Crippen LogP contribution is 2.29. The first kappa shape index (κ1) is 11.9. The summed E-state index contributed by atoms with van der Waals surface area (Å²) in [5, 5.41) is 0.259. The Morgan fingerprint density at radius 3 is 2.84 bits per heavy atom. The Morgan fingerprint density at radius 1 is 1.32 bits per heavy atom. The summed E-state index contributed by atoms with van der Waals surface area (Å²) in [7, 11) is 0. The zero-order chi connectivity index (χ0) is 13.6. The van der Waals surface area contributed by atoms with Crippen LogP contribution in [0.3, 0.4) is 0 Å². The van der Waals surface area contributed by atoms with Crippen LogP contribution in [-0.2, 0) is 0 Å². The number of fused-ring (bicyclic) bond motifs is 1. The van der Waals surface area contributed by atoms with Crippen molar-refractivity contribution in [1.82, 2.24) is 14.5 Å². The Bertz CT molecular complexity index is 761. The van der Waals surface area contributed by atoms with Crippen molar-refractivity contribution in [3.05, 3.63) is 46.9 Å². The third kappa shape index (κ3) is 1.74. The normalized spacial score (nSPS) is 11.1. The van der Waals surface area contributed by atoms with Crippen LogP contribution < -0.4 is 5.73 Å². The average Bonchev–Trinajstić information content (AvgIpc) is 2.68. The average molecular weight is 277 g/mol. The molecule has 96 valence electrons. The lowest BCUT2D eigenvalue weighted by atomic mass is 10.2. The summed E-state index contributed by atoms with van der Waals surface area (Å²) in [6, 6.07) is 6.28. The second-order valence-electron chi connectivity index (χ2n) is 4.18. The Balaban J connectivity index is 2.44. The van der Waals surface area contributed by atoms with E-state index in [-0.39, 0.29) is 16.7 Å². The molecule has 1 aromatic carbocycles. The highest BCUT2D eigenvalue weighted by atomic mass is 35.5. The van der Waals surface area contributed by atoms with E-state index in [1.165, 1.54) is 16.7 Å². The van der Waals surface area contributed by atoms with Crippen molar-refractivity contribution in [3.8, 4) is 5.69 Å². The van der Waals surface area contributed by atoms with Crippen molar-refractivity contribution in [2.75, 3.05) is 5.73 Å². The van der Waals surface area contributed by atoms with Crippen LogP contribution in [0.5, 0.6) is 0 Å². The van der Waals surface area contributed by atoms with Gasteiger partial charge in [-0.3, -0.25) is 4.57 Å². The lowest BCUT2D eigenvalue weighted by Gasteiger charge is -2.09. The number of anilines is 1. The van der Waals surface area contributed by atoms with Gasteiger partial charge in [-0.05, 0) is 30.7 Å². The molecule has 3 rings (SSSR count). The smallest absolute Gasteiger partial charge is 0.207 e. The largest absolute Gasteiger partial charge is 0.369 e. The van der Waals surface area contributed by atoms with E-state index in [2.05, 4.69) is 9.97 Å². The number of rotatable bonds is 1. The van der Waals surface area contributed by atoms with Gasteiger partial charge < -0.3 is 5.73 Å². The predicted octanol–water partition coefficient (Wildman–Crippen LogP) is 3.10. The molecular formula is C13H10ClFN4. The van der Waals surface area contributed by atoms with Crippen LogP contribution in [0.4, 0.5) is 10.3 Å². The van der Waals surface area contributed by atoms with E-state index in [9.17, 15) is 4.39 Å². The molecule has 0 spiro atoms. The molecule has 0 amide bonds. The van der Waals surface area contributed by atoms with Crippen LogP contribution in [0.15, 0.2) is 30.5 Å². The van der Waals surface area contributed by atoms with Crippen molar-refractivity contribution < 1.29 is 4.39 Å². The van der Waals surface area contributed by atoms with Crippen molar-refractivity contribution in [2.24, 2.45) is 0 Å². The number of nitrogen functional groups attached to an aromatic ring is 1. The molecule has 4 nitrogen and oxygen atoms in total. The molecule has 0 aliphatic heterocycles. The summed E-state index contributed by atoms with van der Waals surface area (Å²) in [5.41, 5.74) is 8.10. The lowest BCUT2D eigenvalue weighted by Crippen LogP contribution is -2.04. The minimum atomic E-state index is -0.471. The van der Waals surface area contributed by atoms with E-state index >= 15 is 0 Å². The van der Waals surface area contributed by atoms with Crippen LogP contribution in [0.25, 0.3) is 16.9 Å². The molecule has 0 aliphatic rings. The maximum atomic E-state index is 14.0. The number of benzene rings is 1. The first-order chi connectivity index (χ1) is 9.09. The van der Waals surface area contributed by atoms with E-state index in [1.807, 2.05) is 13.0 Å². The summed E-state index contributed by atoms with van der Waals surface area (Å²) in [5.74, 6) is -0.314. The van der Waals surface area contributed by atoms with Gasteiger partial charge in [-0.25, -0.2) is 14.4 Å². The standard InChI is InChI=1S/C13H10ClFN4/c1-7-5-6-17-12-10(7)18-13(16)19(12)11-8(14)3-2-4-9(11)15/h2-6H,1H3,(H2,16,18). The molecule has 0 radical (unpaired) electrons. The summed E-state index contributed by atoms with van der Waals surface area (Å²) in [6.07, 6.45) is 1.63. The summed E-state index contributed by atoms with van der Waals surface area (Å²) >= 11 is 6.06. The van der Waals surface area contributed by atoms with Gasteiger partial charge in [0.15, 0.2) is 5.65 Å². The fourth-order valence-electron chi connectivity index (χ4n) is 2.03. The summed E-state index contributed by atoms with van der Waals surface area (Å²) in [6.45, 7) is 1.89. The Hall–Kier alpha value is -2.14. The molecule has 6 heteroatoms. The molecular weight excluding hydrogens is 267 g/mol. The minimum Gasteiger partial charge on any atom is -0.369 e. The first-order valence-electron chi connectivity index (χ1n) is 5.63. The Morgan fingerprint density at radius 2 is 2.11 bits per heavy atom. The fraction of sp³-hybridized carbons (Fsp3) is 0.0769.